The Balaban J connectivity index is 1.63. The lowest BCUT2D eigenvalue weighted by molar-refractivity contribution is 0.0728. The van der Waals surface area contributed by atoms with Gasteiger partial charge in [-0.15, -0.1) is 0 Å². The first-order valence-corrected chi connectivity index (χ1v) is 9.78. The maximum atomic E-state index is 13.3. The van der Waals surface area contributed by atoms with Crippen LogP contribution in [0.15, 0.2) is 60.7 Å². The molecule has 0 atom stereocenters. The number of hydrogen-bond acceptors (Lipinski definition) is 5. The van der Waals surface area contributed by atoms with Gasteiger partial charge in [0.25, 0.3) is 5.91 Å². The summed E-state index contributed by atoms with van der Waals surface area (Å²) in [6.07, 6.45) is 0.859. The molecule has 0 saturated carbocycles. The van der Waals surface area contributed by atoms with Gasteiger partial charge in [-0.25, -0.2) is 9.97 Å². The second kappa shape index (κ2) is 8.84. The number of fused-ring (bicyclic) bond motifs is 1. The molecule has 0 spiro atoms. The molecule has 6 nitrogen and oxygen atoms in total. The number of methoxy groups -OCH3 is 1. The number of rotatable bonds is 6. The zero-order chi connectivity index (χ0) is 20.1. The topological polar surface area (TPSA) is 67.3 Å². The first-order valence-electron chi connectivity index (χ1n) is 9.78. The van der Waals surface area contributed by atoms with Crippen molar-refractivity contribution in [2.24, 2.45) is 0 Å². The molecule has 2 aromatic carbocycles. The molecule has 4 rings (SSSR count). The third-order valence-electron chi connectivity index (χ3n) is 5.01. The number of nitrogens with one attached hydrogen (secondary N) is 1. The monoisotopic (exact) mass is 388 g/mol. The lowest BCUT2D eigenvalue weighted by Crippen LogP contribution is -2.36. The van der Waals surface area contributed by atoms with Crippen LogP contribution in [0.25, 0.3) is 11.4 Å². The lowest BCUT2D eigenvalue weighted by Gasteiger charge is -2.28. The van der Waals surface area contributed by atoms with E-state index < -0.39 is 0 Å². The van der Waals surface area contributed by atoms with Gasteiger partial charge in [0.15, 0.2) is 5.82 Å². The Morgan fingerprint density at radius 3 is 2.62 bits per heavy atom. The molecule has 0 saturated heterocycles. The molecule has 1 amide bonds. The fraction of sp³-hybridized carbons (Fsp3) is 0.261. The van der Waals surface area contributed by atoms with E-state index in [-0.39, 0.29) is 5.91 Å². The molecule has 1 aliphatic heterocycles. The summed E-state index contributed by atoms with van der Waals surface area (Å²) in [4.78, 5) is 24.3. The molecule has 0 aliphatic carbocycles. The van der Waals surface area contributed by atoms with Crippen LogP contribution < -0.4 is 5.32 Å². The summed E-state index contributed by atoms with van der Waals surface area (Å²) in [7, 11) is 1.65. The quantitative estimate of drug-likeness (QED) is 0.656. The Morgan fingerprint density at radius 2 is 1.83 bits per heavy atom. The first-order chi connectivity index (χ1) is 14.2. The average molecular weight is 388 g/mol. The van der Waals surface area contributed by atoms with Crippen molar-refractivity contribution in [2.45, 2.75) is 13.0 Å². The highest BCUT2D eigenvalue weighted by molar-refractivity contribution is 5.93. The van der Waals surface area contributed by atoms with E-state index in [1.807, 2.05) is 47.4 Å². The van der Waals surface area contributed by atoms with Gasteiger partial charge in [0, 0.05) is 38.4 Å². The van der Waals surface area contributed by atoms with Crippen molar-refractivity contribution in [2.75, 3.05) is 32.1 Å². The van der Waals surface area contributed by atoms with Gasteiger partial charge in [-0.05, 0) is 17.5 Å². The summed E-state index contributed by atoms with van der Waals surface area (Å²) in [5, 5.41) is 3.22. The van der Waals surface area contributed by atoms with Crippen LogP contribution in [0.4, 0.5) is 5.82 Å². The van der Waals surface area contributed by atoms with E-state index in [1.165, 1.54) is 11.1 Å². The molecule has 29 heavy (non-hydrogen) atoms. The van der Waals surface area contributed by atoms with Crippen LogP contribution in [0.3, 0.4) is 0 Å². The molecule has 0 fully saturated rings. The number of anilines is 1. The molecule has 1 aliphatic rings. The first kappa shape index (κ1) is 19.1. The SMILES string of the molecule is COCCNc1cc(C(=O)N2CCc3ccccc3C2)nc(-c2ccccc2)n1. The van der Waals surface area contributed by atoms with Crippen LogP contribution in [0.1, 0.15) is 21.6 Å². The van der Waals surface area contributed by atoms with Crippen LogP contribution >= 0.6 is 0 Å². The minimum Gasteiger partial charge on any atom is -0.383 e. The smallest absolute Gasteiger partial charge is 0.272 e. The predicted molar refractivity (Wildman–Crippen MR) is 113 cm³/mol. The Bertz CT molecular complexity index is 991. The molecule has 6 heteroatoms. The Kier molecular flexibility index (Phi) is 5.81. The van der Waals surface area contributed by atoms with Gasteiger partial charge in [0.2, 0.25) is 0 Å². The normalized spacial score (nSPS) is 13.1. The summed E-state index contributed by atoms with van der Waals surface area (Å²) in [6.45, 7) is 2.45. The lowest BCUT2D eigenvalue weighted by atomic mass is 10.00. The van der Waals surface area contributed by atoms with Crippen LogP contribution in [-0.4, -0.2) is 47.6 Å². The highest BCUT2D eigenvalue weighted by atomic mass is 16.5. The average Bonchev–Trinajstić information content (AvgIpc) is 2.79. The van der Waals surface area contributed by atoms with Crippen LogP contribution in [0.2, 0.25) is 0 Å². The second-order valence-corrected chi connectivity index (χ2v) is 6.99. The van der Waals surface area contributed by atoms with Gasteiger partial charge in [-0.1, -0.05) is 54.6 Å². The Morgan fingerprint density at radius 1 is 1.07 bits per heavy atom. The van der Waals surface area contributed by atoms with Crippen molar-refractivity contribution in [3.8, 4) is 11.4 Å². The minimum absolute atomic E-state index is 0.0751. The zero-order valence-corrected chi connectivity index (χ0v) is 16.5. The number of ether oxygens (including phenoxy) is 1. The van der Waals surface area contributed by atoms with Crippen molar-refractivity contribution < 1.29 is 9.53 Å². The summed E-state index contributed by atoms with van der Waals surface area (Å²) >= 11 is 0. The highest BCUT2D eigenvalue weighted by Gasteiger charge is 2.23. The van der Waals surface area contributed by atoms with E-state index in [1.54, 1.807) is 13.2 Å². The molecule has 148 valence electrons. The van der Waals surface area contributed by atoms with E-state index in [0.29, 0.717) is 43.6 Å². The standard InChI is InChI=1S/C23H24N4O2/c1-29-14-12-24-21-15-20(25-22(26-21)18-8-3-2-4-9-18)23(28)27-13-11-17-7-5-6-10-19(17)16-27/h2-10,15H,11-14,16H2,1H3,(H,24,25,26). The Hall–Kier alpha value is -3.25. The van der Waals surface area contributed by atoms with E-state index in [0.717, 1.165) is 12.0 Å². The van der Waals surface area contributed by atoms with Gasteiger partial charge in [0.05, 0.1) is 6.61 Å². The van der Waals surface area contributed by atoms with Gasteiger partial charge >= 0.3 is 0 Å². The minimum atomic E-state index is -0.0751. The second-order valence-electron chi connectivity index (χ2n) is 6.99. The van der Waals surface area contributed by atoms with Crippen LogP contribution in [0.5, 0.6) is 0 Å². The number of aromatic nitrogens is 2. The van der Waals surface area contributed by atoms with E-state index in [9.17, 15) is 4.79 Å². The number of nitrogens with zero attached hydrogens (tertiary/aromatic N) is 3. The number of benzene rings is 2. The van der Waals surface area contributed by atoms with E-state index in [2.05, 4.69) is 27.4 Å². The summed E-state index contributed by atoms with van der Waals surface area (Å²) in [5.74, 6) is 1.08. The van der Waals surface area contributed by atoms with Gasteiger partial charge in [0.1, 0.15) is 11.5 Å². The number of carbonyl (C=O) groups excluding carboxylic acids is 1. The van der Waals surface area contributed by atoms with Crippen molar-refractivity contribution in [3.63, 3.8) is 0 Å². The zero-order valence-electron chi connectivity index (χ0n) is 16.5. The third kappa shape index (κ3) is 4.43. The van der Waals surface area contributed by atoms with Crippen molar-refractivity contribution in [3.05, 3.63) is 77.5 Å². The maximum absolute atomic E-state index is 13.3. The van der Waals surface area contributed by atoms with Gasteiger partial charge < -0.3 is 15.0 Å². The number of hydrogen-bond donors (Lipinski definition) is 1. The summed E-state index contributed by atoms with van der Waals surface area (Å²) < 4.78 is 5.10. The van der Waals surface area contributed by atoms with Crippen molar-refractivity contribution in [1.82, 2.24) is 14.9 Å². The van der Waals surface area contributed by atoms with Crippen LogP contribution in [0, 0.1) is 0 Å². The van der Waals surface area contributed by atoms with E-state index in [4.69, 9.17) is 4.74 Å². The Labute approximate surface area is 170 Å². The van der Waals surface area contributed by atoms with Gasteiger partial charge in [-0.2, -0.15) is 0 Å². The molecular formula is C23H24N4O2. The molecular weight excluding hydrogens is 364 g/mol. The number of amides is 1. The van der Waals surface area contributed by atoms with Crippen molar-refractivity contribution in [1.29, 1.82) is 0 Å². The largest absolute Gasteiger partial charge is 0.383 e. The maximum Gasteiger partial charge on any atom is 0.272 e. The van der Waals surface area contributed by atoms with E-state index >= 15 is 0 Å². The summed E-state index contributed by atoms with van der Waals surface area (Å²) in [6, 6.07) is 19.7. The van der Waals surface area contributed by atoms with Gasteiger partial charge in [-0.3, -0.25) is 4.79 Å². The molecule has 3 aromatic rings. The molecule has 1 aromatic heterocycles. The molecule has 0 unspecified atom stereocenters. The predicted octanol–water partition coefficient (Wildman–Crippen LogP) is 3.40. The fourth-order valence-corrected chi connectivity index (χ4v) is 3.48. The van der Waals surface area contributed by atoms with Crippen LogP contribution in [-0.2, 0) is 17.7 Å². The summed E-state index contributed by atoms with van der Waals surface area (Å²) in [5.41, 5.74) is 3.79. The molecule has 2 heterocycles. The fourth-order valence-electron chi connectivity index (χ4n) is 3.48. The molecule has 0 radical (unpaired) electrons. The number of carbonyl (C=O) groups is 1. The van der Waals surface area contributed by atoms with Crippen molar-refractivity contribution >= 4 is 11.7 Å². The molecule has 1 N–H and O–H groups in total. The molecule has 0 bridgehead atoms. The third-order valence-corrected chi connectivity index (χ3v) is 5.01. The highest BCUT2D eigenvalue weighted by Crippen LogP contribution is 2.22.